The number of carbonyl (C=O) groups is 1. The van der Waals surface area contributed by atoms with E-state index in [-0.39, 0.29) is 0 Å². The summed E-state index contributed by atoms with van der Waals surface area (Å²) in [7, 11) is 0. The minimum atomic E-state index is 0.320. The van der Waals surface area contributed by atoms with E-state index in [9.17, 15) is 4.79 Å². The maximum atomic E-state index is 10.7. The van der Waals surface area contributed by atoms with Crippen molar-refractivity contribution in [1.29, 1.82) is 0 Å². The first kappa shape index (κ1) is 7.73. The zero-order valence-electron chi connectivity index (χ0n) is 6.39. The van der Waals surface area contributed by atoms with Crippen LogP contribution in [0.1, 0.15) is 26.2 Å². The number of piperidine rings is 1. The Morgan fingerprint density at radius 3 is 3.10 bits per heavy atom. The quantitative estimate of drug-likeness (QED) is 0.623. The lowest BCUT2D eigenvalue weighted by molar-refractivity contribution is -0.118. The van der Waals surface area contributed by atoms with Crippen LogP contribution in [0.4, 0.5) is 0 Å². The molecule has 1 unspecified atom stereocenters. The molecule has 1 aliphatic rings. The van der Waals surface area contributed by atoms with Crippen molar-refractivity contribution >= 4 is 5.78 Å². The molecule has 1 atom stereocenters. The highest BCUT2D eigenvalue weighted by atomic mass is 16.1. The van der Waals surface area contributed by atoms with Gasteiger partial charge in [-0.2, -0.15) is 0 Å². The molecule has 0 aliphatic carbocycles. The molecule has 57 valence electrons. The third-order valence-corrected chi connectivity index (χ3v) is 1.87. The van der Waals surface area contributed by atoms with Crippen molar-refractivity contribution in [3.63, 3.8) is 0 Å². The second-order valence-electron chi connectivity index (χ2n) is 2.95. The standard InChI is InChI=1S/C8H14NO/c1-7(10)6-8-2-4-9-5-3-8/h4,8-9H,2-3,5-6H2,1H3. The maximum absolute atomic E-state index is 10.7. The van der Waals surface area contributed by atoms with Crippen LogP contribution in [-0.4, -0.2) is 12.3 Å². The van der Waals surface area contributed by atoms with Gasteiger partial charge in [0.05, 0.1) is 0 Å². The molecule has 2 nitrogen and oxygen atoms in total. The Hall–Kier alpha value is -0.370. The molecule has 1 aliphatic heterocycles. The van der Waals surface area contributed by atoms with Gasteiger partial charge >= 0.3 is 0 Å². The van der Waals surface area contributed by atoms with Gasteiger partial charge in [-0.1, -0.05) is 0 Å². The molecule has 1 N–H and O–H groups in total. The molecular weight excluding hydrogens is 126 g/mol. The third-order valence-electron chi connectivity index (χ3n) is 1.87. The molecule has 0 saturated carbocycles. The first-order valence-electron chi connectivity index (χ1n) is 3.83. The topological polar surface area (TPSA) is 29.1 Å². The van der Waals surface area contributed by atoms with Crippen LogP contribution >= 0.6 is 0 Å². The predicted octanol–water partition coefficient (Wildman–Crippen LogP) is 1.13. The lowest BCUT2D eigenvalue weighted by Gasteiger charge is -2.20. The molecule has 1 rings (SSSR count). The van der Waals surface area contributed by atoms with E-state index in [1.165, 1.54) is 0 Å². The zero-order chi connectivity index (χ0) is 7.40. The summed E-state index contributed by atoms with van der Waals surface area (Å²) in [5, 5.41) is 3.15. The van der Waals surface area contributed by atoms with Crippen LogP contribution in [0, 0.1) is 12.5 Å². The Balaban J connectivity index is 2.19. The fourth-order valence-electron chi connectivity index (χ4n) is 1.35. The average molecular weight is 140 g/mol. The molecular formula is C8H14NO. The number of Topliss-reactive ketones (excluding diaryl/α,β-unsaturated/α-hetero) is 1. The summed E-state index contributed by atoms with van der Waals surface area (Å²) in [6.07, 6.45) is 2.97. The van der Waals surface area contributed by atoms with Crippen molar-refractivity contribution in [2.24, 2.45) is 5.92 Å². The van der Waals surface area contributed by atoms with E-state index in [4.69, 9.17) is 0 Å². The Bertz CT molecular complexity index is 116. The molecule has 1 fully saturated rings. The van der Waals surface area contributed by atoms with Gasteiger partial charge in [-0.05, 0) is 32.2 Å². The minimum absolute atomic E-state index is 0.320. The second kappa shape index (κ2) is 3.71. The highest BCUT2D eigenvalue weighted by Gasteiger charge is 2.14. The summed E-state index contributed by atoms with van der Waals surface area (Å²) in [4.78, 5) is 10.7. The smallest absolute Gasteiger partial charge is 0.130 e. The molecule has 0 aromatic carbocycles. The first-order chi connectivity index (χ1) is 4.79. The number of carbonyl (C=O) groups excluding carboxylic acids is 1. The van der Waals surface area contributed by atoms with Crippen LogP contribution < -0.4 is 5.32 Å². The van der Waals surface area contributed by atoms with Gasteiger partial charge in [0.25, 0.3) is 0 Å². The highest BCUT2D eigenvalue weighted by Crippen LogP contribution is 2.17. The minimum Gasteiger partial charge on any atom is -0.312 e. The Morgan fingerprint density at radius 1 is 1.80 bits per heavy atom. The van der Waals surface area contributed by atoms with Crippen molar-refractivity contribution in [3.05, 3.63) is 6.54 Å². The van der Waals surface area contributed by atoms with Crippen molar-refractivity contribution in [2.45, 2.75) is 26.2 Å². The Morgan fingerprint density at radius 2 is 2.60 bits per heavy atom. The molecule has 0 spiro atoms. The number of ketones is 1. The van der Waals surface area contributed by atoms with Gasteiger partial charge in [-0.15, -0.1) is 0 Å². The third kappa shape index (κ3) is 2.48. The molecule has 0 aromatic rings. The second-order valence-corrected chi connectivity index (χ2v) is 2.95. The van der Waals surface area contributed by atoms with E-state index in [1.807, 2.05) is 0 Å². The molecule has 10 heavy (non-hydrogen) atoms. The number of hydrogen-bond donors (Lipinski definition) is 1. The van der Waals surface area contributed by atoms with Crippen LogP contribution in [0.15, 0.2) is 0 Å². The molecule has 1 saturated heterocycles. The van der Waals surface area contributed by atoms with Gasteiger partial charge in [-0.25, -0.2) is 0 Å². The van der Waals surface area contributed by atoms with Crippen molar-refractivity contribution < 1.29 is 4.79 Å². The van der Waals surface area contributed by atoms with Crippen LogP contribution in [0.25, 0.3) is 0 Å². The fourth-order valence-corrected chi connectivity index (χ4v) is 1.35. The normalized spacial score (nSPS) is 20.9. The highest BCUT2D eigenvalue weighted by molar-refractivity contribution is 5.75. The number of hydrogen-bond acceptors (Lipinski definition) is 2. The van der Waals surface area contributed by atoms with Gasteiger partial charge in [0.15, 0.2) is 0 Å². The van der Waals surface area contributed by atoms with E-state index in [0.29, 0.717) is 11.7 Å². The van der Waals surface area contributed by atoms with Crippen molar-refractivity contribution in [3.8, 4) is 0 Å². The van der Waals surface area contributed by atoms with Gasteiger partial charge in [-0.3, -0.25) is 0 Å². The summed E-state index contributed by atoms with van der Waals surface area (Å²) in [5.74, 6) is 0.930. The van der Waals surface area contributed by atoms with Crippen LogP contribution in [-0.2, 0) is 4.79 Å². The van der Waals surface area contributed by atoms with Crippen LogP contribution in [0.2, 0.25) is 0 Å². The first-order valence-corrected chi connectivity index (χ1v) is 3.83. The van der Waals surface area contributed by atoms with Gasteiger partial charge < -0.3 is 10.1 Å². The Labute approximate surface area is 62.0 Å². The maximum Gasteiger partial charge on any atom is 0.130 e. The number of nitrogens with one attached hydrogen (secondary N) is 1. The lowest BCUT2D eigenvalue weighted by Crippen LogP contribution is -2.24. The summed E-state index contributed by atoms with van der Waals surface area (Å²) in [6, 6.07) is 0. The van der Waals surface area contributed by atoms with Crippen LogP contribution in [0.3, 0.4) is 0 Å². The van der Waals surface area contributed by atoms with Crippen LogP contribution in [0.5, 0.6) is 0 Å². The average Bonchev–Trinajstić information content (AvgIpc) is 1.88. The monoisotopic (exact) mass is 140 g/mol. The lowest BCUT2D eigenvalue weighted by atomic mass is 9.93. The fraction of sp³-hybridized carbons (Fsp3) is 0.750. The zero-order valence-corrected chi connectivity index (χ0v) is 6.39. The predicted molar refractivity (Wildman–Crippen MR) is 40.3 cm³/mol. The molecule has 0 amide bonds. The van der Waals surface area contributed by atoms with E-state index in [1.54, 1.807) is 6.92 Å². The molecule has 1 radical (unpaired) electrons. The van der Waals surface area contributed by atoms with Gasteiger partial charge in [0, 0.05) is 13.0 Å². The van der Waals surface area contributed by atoms with E-state index >= 15 is 0 Å². The molecule has 1 heterocycles. The summed E-state index contributed by atoms with van der Waals surface area (Å²) in [6.45, 7) is 4.77. The molecule has 0 aromatic heterocycles. The summed E-state index contributed by atoms with van der Waals surface area (Å²) in [5.41, 5.74) is 0. The van der Waals surface area contributed by atoms with Gasteiger partial charge in [0.1, 0.15) is 5.78 Å². The Kier molecular flexibility index (Phi) is 2.87. The molecule has 2 heteroatoms. The largest absolute Gasteiger partial charge is 0.312 e. The SMILES string of the molecule is CC(=O)CC1C[CH]NCC1. The molecule has 0 bridgehead atoms. The van der Waals surface area contributed by atoms with E-state index in [2.05, 4.69) is 11.9 Å². The van der Waals surface area contributed by atoms with Crippen molar-refractivity contribution in [1.82, 2.24) is 5.32 Å². The summed E-state index contributed by atoms with van der Waals surface area (Å²) >= 11 is 0. The van der Waals surface area contributed by atoms with Crippen molar-refractivity contribution in [2.75, 3.05) is 6.54 Å². The summed E-state index contributed by atoms with van der Waals surface area (Å²) < 4.78 is 0. The van der Waals surface area contributed by atoms with Gasteiger partial charge in [0.2, 0.25) is 0 Å². The number of rotatable bonds is 2. The van der Waals surface area contributed by atoms with E-state index < -0.39 is 0 Å². The van der Waals surface area contributed by atoms with E-state index in [0.717, 1.165) is 25.8 Å².